The van der Waals surface area contributed by atoms with Crippen molar-refractivity contribution in [2.24, 2.45) is 0 Å². The Kier molecular flexibility index (Phi) is 5.34. The van der Waals surface area contributed by atoms with Crippen molar-refractivity contribution >= 4 is 49.4 Å². The van der Waals surface area contributed by atoms with Gasteiger partial charge in [0.15, 0.2) is 0 Å². The van der Waals surface area contributed by atoms with Crippen molar-refractivity contribution in [3.63, 3.8) is 0 Å². The van der Waals surface area contributed by atoms with E-state index in [2.05, 4.69) is 37.2 Å². The van der Waals surface area contributed by atoms with E-state index in [1.807, 2.05) is 6.92 Å². The summed E-state index contributed by atoms with van der Waals surface area (Å²) < 4.78 is 4.88. The Morgan fingerprint density at radius 3 is 2.56 bits per heavy atom. The highest BCUT2D eigenvalue weighted by atomic mass is 79.9. The van der Waals surface area contributed by atoms with E-state index in [0.29, 0.717) is 16.2 Å². The highest BCUT2D eigenvalue weighted by Crippen LogP contribution is 2.21. The molecule has 0 aromatic carbocycles. The molecule has 16 heavy (non-hydrogen) atoms. The first kappa shape index (κ1) is 14.1. The molecular weight excluding hydrogens is 361 g/mol. The van der Waals surface area contributed by atoms with Crippen molar-refractivity contribution in [3.05, 3.63) is 23.1 Å². The Morgan fingerprint density at radius 1 is 1.56 bits per heavy atom. The fourth-order valence-electron chi connectivity index (χ4n) is 1.14. The average Bonchev–Trinajstić information content (AvgIpc) is 2.72. The molecule has 1 aromatic rings. The van der Waals surface area contributed by atoms with E-state index < -0.39 is 0 Å². The molecule has 0 aliphatic rings. The lowest BCUT2D eigenvalue weighted by Crippen LogP contribution is -2.51. The smallest absolute Gasteiger partial charge is 0.256 e. The number of hydrogen-bond acceptors (Lipinski definition) is 2. The van der Waals surface area contributed by atoms with E-state index in [1.54, 1.807) is 6.07 Å². The van der Waals surface area contributed by atoms with Crippen molar-refractivity contribution in [3.8, 4) is 0 Å². The Hall–Kier alpha value is -0.0000000000000000555. The first-order valence-corrected chi connectivity index (χ1v) is 7.38. The fraction of sp³-hybridized carbons (Fsp3) is 0.500. The average molecular weight is 373 g/mol. The molecule has 0 aliphatic carbocycles. The van der Waals surface area contributed by atoms with Crippen molar-refractivity contribution in [1.29, 1.82) is 0 Å². The number of amides is 1. The van der Waals surface area contributed by atoms with Crippen molar-refractivity contribution in [1.82, 2.24) is 5.32 Å². The number of rotatable bonds is 5. The van der Waals surface area contributed by atoms with Gasteiger partial charge in [-0.15, -0.1) is 0 Å². The highest BCUT2D eigenvalue weighted by Gasteiger charge is 2.29. The van der Waals surface area contributed by atoms with Crippen LogP contribution in [0.4, 0.5) is 0 Å². The van der Waals surface area contributed by atoms with Crippen molar-refractivity contribution in [2.75, 3.05) is 10.7 Å². The Labute approximate surface area is 116 Å². The summed E-state index contributed by atoms with van der Waals surface area (Å²) >= 11 is 12.5. The first-order chi connectivity index (χ1) is 7.58. The fourth-order valence-corrected chi connectivity index (χ4v) is 3.35. The van der Waals surface area contributed by atoms with E-state index in [4.69, 9.17) is 16.0 Å². The van der Waals surface area contributed by atoms with Gasteiger partial charge in [0.1, 0.15) is 0 Å². The number of halogens is 3. The lowest BCUT2D eigenvalue weighted by atomic mass is 10.0. The molecule has 0 spiro atoms. The summed E-state index contributed by atoms with van der Waals surface area (Å²) in [6, 6.07) is 1.56. The summed E-state index contributed by atoms with van der Waals surface area (Å²) in [5, 5.41) is 4.40. The SMILES string of the molecule is CCC(CBr)(CBr)NC(=O)c1ccoc1Cl. The lowest BCUT2D eigenvalue weighted by Gasteiger charge is -2.29. The summed E-state index contributed by atoms with van der Waals surface area (Å²) in [6.45, 7) is 2.01. The second-order valence-electron chi connectivity index (χ2n) is 3.46. The minimum absolute atomic E-state index is 0.117. The molecule has 0 atom stereocenters. The van der Waals surface area contributed by atoms with Crippen LogP contribution in [0.1, 0.15) is 23.7 Å². The maximum Gasteiger partial charge on any atom is 0.256 e. The van der Waals surface area contributed by atoms with Gasteiger partial charge in [-0.3, -0.25) is 4.79 Å². The van der Waals surface area contributed by atoms with Crippen LogP contribution in [0.2, 0.25) is 5.22 Å². The molecule has 0 radical (unpaired) electrons. The van der Waals surface area contributed by atoms with Gasteiger partial charge in [0.2, 0.25) is 5.22 Å². The molecule has 0 saturated carbocycles. The van der Waals surface area contributed by atoms with Crippen LogP contribution in [0.25, 0.3) is 0 Å². The van der Waals surface area contributed by atoms with Gasteiger partial charge < -0.3 is 9.73 Å². The van der Waals surface area contributed by atoms with Gasteiger partial charge in [-0.25, -0.2) is 0 Å². The molecule has 3 nitrogen and oxygen atoms in total. The number of nitrogens with one attached hydrogen (secondary N) is 1. The third-order valence-electron chi connectivity index (χ3n) is 2.43. The van der Waals surface area contributed by atoms with Crippen LogP contribution in [0, 0.1) is 0 Å². The summed E-state index contributed by atoms with van der Waals surface area (Å²) in [5.74, 6) is -0.223. The quantitative estimate of drug-likeness (QED) is 0.802. The number of carbonyl (C=O) groups is 1. The monoisotopic (exact) mass is 371 g/mol. The molecule has 0 aliphatic heterocycles. The number of alkyl halides is 2. The highest BCUT2D eigenvalue weighted by molar-refractivity contribution is 9.09. The van der Waals surface area contributed by atoms with Gasteiger partial charge in [0, 0.05) is 10.7 Å². The van der Waals surface area contributed by atoms with E-state index in [-0.39, 0.29) is 16.7 Å². The van der Waals surface area contributed by atoms with Crippen LogP contribution >= 0.6 is 43.5 Å². The van der Waals surface area contributed by atoms with Gasteiger partial charge in [0.25, 0.3) is 5.91 Å². The van der Waals surface area contributed by atoms with Gasteiger partial charge in [-0.2, -0.15) is 0 Å². The molecular formula is C10H12Br2ClNO2. The van der Waals surface area contributed by atoms with Crippen LogP contribution in [-0.2, 0) is 0 Å². The first-order valence-electron chi connectivity index (χ1n) is 4.76. The third-order valence-corrected chi connectivity index (χ3v) is 4.87. The summed E-state index contributed by atoms with van der Waals surface area (Å²) in [7, 11) is 0. The maximum atomic E-state index is 11.9. The predicted molar refractivity (Wildman–Crippen MR) is 71.8 cm³/mol. The normalized spacial score (nSPS) is 11.5. The molecule has 90 valence electrons. The van der Waals surface area contributed by atoms with E-state index >= 15 is 0 Å². The van der Waals surface area contributed by atoms with Crippen LogP contribution < -0.4 is 5.32 Å². The van der Waals surface area contributed by atoms with Gasteiger partial charge in [-0.05, 0) is 24.1 Å². The standard InChI is InChI=1S/C10H12Br2ClNO2/c1-2-10(5-11,6-12)14-9(15)7-3-4-16-8(7)13/h3-4H,2,5-6H2,1H3,(H,14,15). The third kappa shape index (κ3) is 3.02. The van der Waals surface area contributed by atoms with Crippen LogP contribution in [0.5, 0.6) is 0 Å². The van der Waals surface area contributed by atoms with Crippen molar-refractivity contribution in [2.45, 2.75) is 18.9 Å². The minimum atomic E-state index is -0.308. The van der Waals surface area contributed by atoms with Gasteiger partial charge in [0.05, 0.1) is 17.4 Å². The van der Waals surface area contributed by atoms with Crippen LogP contribution in [0.3, 0.4) is 0 Å². The number of furan rings is 1. The van der Waals surface area contributed by atoms with E-state index in [9.17, 15) is 4.79 Å². The predicted octanol–water partition coefficient (Wildman–Crippen LogP) is 3.60. The molecule has 1 rings (SSSR count). The maximum absolute atomic E-state index is 11.9. The van der Waals surface area contributed by atoms with E-state index in [0.717, 1.165) is 6.42 Å². The van der Waals surface area contributed by atoms with Gasteiger partial charge in [-0.1, -0.05) is 38.8 Å². The molecule has 1 N–H and O–H groups in total. The van der Waals surface area contributed by atoms with Crippen LogP contribution in [0.15, 0.2) is 16.7 Å². The summed E-state index contributed by atoms with van der Waals surface area (Å²) in [6.07, 6.45) is 2.21. The largest absolute Gasteiger partial charge is 0.452 e. The Morgan fingerprint density at radius 2 is 2.19 bits per heavy atom. The molecule has 0 unspecified atom stereocenters. The molecule has 1 heterocycles. The zero-order valence-corrected chi connectivity index (χ0v) is 12.7. The Bertz CT molecular complexity index is 355. The summed E-state index contributed by atoms with van der Waals surface area (Å²) in [5.41, 5.74) is 0.0545. The minimum Gasteiger partial charge on any atom is -0.452 e. The zero-order chi connectivity index (χ0) is 12.2. The summed E-state index contributed by atoms with van der Waals surface area (Å²) in [4.78, 5) is 11.9. The number of carbonyl (C=O) groups excluding carboxylic acids is 1. The molecule has 6 heteroatoms. The van der Waals surface area contributed by atoms with Crippen molar-refractivity contribution < 1.29 is 9.21 Å². The second kappa shape index (κ2) is 6.07. The zero-order valence-electron chi connectivity index (χ0n) is 8.73. The number of hydrogen-bond donors (Lipinski definition) is 1. The molecule has 1 amide bonds. The van der Waals surface area contributed by atoms with Gasteiger partial charge >= 0.3 is 0 Å². The second-order valence-corrected chi connectivity index (χ2v) is 4.93. The molecule has 0 saturated heterocycles. The molecule has 1 aromatic heterocycles. The van der Waals surface area contributed by atoms with E-state index in [1.165, 1.54) is 6.26 Å². The Balaban J connectivity index is 2.81. The van der Waals surface area contributed by atoms with Crippen LogP contribution in [-0.4, -0.2) is 22.1 Å². The molecule has 0 fully saturated rings. The lowest BCUT2D eigenvalue weighted by molar-refractivity contribution is 0.0915. The topological polar surface area (TPSA) is 42.2 Å². The molecule has 0 bridgehead atoms.